The van der Waals surface area contributed by atoms with Crippen LogP contribution in [0.2, 0.25) is 0 Å². The summed E-state index contributed by atoms with van der Waals surface area (Å²) in [5, 5.41) is 7.40. The summed E-state index contributed by atoms with van der Waals surface area (Å²) < 4.78 is 2.44. The van der Waals surface area contributed by atoms with Gasteiger partial charge in [-0.25, -0.2) is 0 Å². The van der Waals surface area contributed by atoms with Crippen molar-refractivity contribution in [2.45, 2.75) is 0 Å². The first-order valence-corrected chi connectivity index (χ1v) is 22.0. The van der Waals surface area contributed by atoms with E-state index in [1.165, 1.54) is 71.2 Å². The number of benzene rings is 11. The Morgan fingerprint density at radius 1 is 0.266 bits per heavy atom. The molecule has 64 heavy (non-hydrogen) atoms. The van der Waals surface area contributed by atoms with Crippen LogP contribution in [0.5, 0.6) is 0 Å². The maximum absolute atomic E-state index is 2.44. The second-order valence-corrected chi connectivity index (χ2v) is 16.5. The molecule has 12 aromatic rings. The Bertz CT molecular complexity index is 3610. The van der Waals surface area contributed by atoms with Crippen molar-refractivity contribution < 1.29 is 0 Å². The number of rotatable bonds is 8. The van der Waals surface area contributed by atoms with Gasteiger partial charge in [0.15, 0.2) is 0 Å². The molecule has 0 saturated heterocycles. The molecule has 300 valence electrons. The normalized spacial score (nSPS) is 11.4. The maximum Gasteiger partial charge on any atom is 0.0541 e. The van der Waals surface area contributed by atoms with Gasteiger partial charge in [-0.15, -0.1) is 0 Å². The van der Waals surface area contributed by atoms with E-state index in [2.05, 4.69) is 264 Å². The summed E-state index contributed by atoms with van der Waals surface area (Å²) in [7, 11) is 0. The minimum absolute atomic E-state index is 1.08. The Balaban J connectivity index is 1.02. The van der Waals surface area contributed by atoms with Gasteiger partial charge < -0.3 is 9.47 Å². The van der Waals surface area contributed by atoms with E-state index in [-0.39, 0.29) is 0 Å². The fraction of sp³-hybridized carbons (Fsp3) is 0. The molecule has 2 nitrogen and oxygen atoms in total. The monoisotopic (exact) mass is 814 g/mol. The van der Waals surface area contributed by atoms with Crippen molar-refractivity contribution >= 4 is 60.4 Å². The zero-order valence-electron chi connectivity index (χ0n) is 35.1. The zero-order chi connectivity index (χ0) is 42.4. The SMILES string of the molecule is c1ccc(-c2cc(N(c3cccc(-c4ccc(-c5ccc6ccccc6c5)cc4)c3)c3cccc4ccccc34)ccc2-c2ccccc2-n2c3ccccc3c3ccccc32)cc1. The predicted molar refractivity (Wildman–Crippen MR) is 272 cm³/mol. The van der Waals surface area contributed by atoms with Crippen LogP contribution in [0.15, 0.2) is 255 Å². The maximum atomic E-state index is 2.44. The smallest absolute Gasteiger partial charge is 0.0541 e. The van der Waals surface area contributed by atoms with Crippen LogP contribution in [0.1, 0.15) is 0 Å². The molecule has 0 fully saturated rings. The van der Waals surface area contributed by atoms with Crippen molar-refractivity contribution in [3.63, 3.8) is 0 Å². The molecule has 0 atom stereocenters. The highest BCUT2D eigenvalue weighted by molar-refractivity contribution is 6.10. The second-order valence-electron chi connectivity index (χ2n) is 16.5. The predicted octanol–water partition coefficient (Wildman–Crippen LogP) is 17.2. The van der Waals surface area contributed by atoms with Gasteiger partial charge in [-0.3, -0.25) is 0 Å². The Hall–Kier alpha value is -8.46. The molecule has 0 saturated carbocycles. The van der Waals surface area contributed by atoms with Crippen molar-refractivity contribution in [2.24, 2.45) is 0 Å². The number of hydrogen-bond acceptors (Lipinski definition) is 1. The first kappa shape index (κ1) is 37.3. The molecule has 12 rings (SSSR count). The second kappa shape index (κ2) is 15.8. The fourth-order valence-electron chi connectivity index (χ4n) is 9.72. The highest BCUT2D eigenvalue weighted by atomic mass is 15.1. The van der Waals surface area contributed by atoms with Crippen LogP contribution in [-0.4, -0.2) is 4.57 Å². The largest absolute Gasteiger partial charge is 0.310 e. The van der Waals surface area contributed by atoms with Crippen LogP contribution in [0.4, 0.5) is 17.1 Å². The highest BCUT2D eigenvalue weighted by Gasteiger charge is 2.21. The molecule has 0 amide bonds. The van der Waals surface area contributed by atoms with E-state index in [9.17, 15) is 0 Å². The van der Waals surface area contributed by atoms with Crippen molar-refractivity contribution in [3.05, 3.63) is 255 Å². The van der Waals surface area contributed by atoms with E-state index in [1.54, 1.807) is 0 Å². The summed E-state index contributed by atoms with van der Waals surface area (Å²) in [5.41, 5.74) is 16.3. The first-order chi connectivity index (χ1) is 31.7. The Kier molecular flexibility index (Phi) is 9.20. The standard InChI is InChI=1S/C62H42N2/c1-2-17-47(18-3-1)58-42-52(38-39-54(58)55-25-8-11-28-60(55)64-61-29-12-9-26-56(61)57-27-10-13-30-62(57)64)63(59-31-15-21-46-19-6-7-24-53(46)59)51-23-14-22-49(41-51)44-32-34-45(35-33-44)50-37-36-43-16-4-5-20-48(43)40-50/h1-42H. The third kappa shape index (κ3) is 6.52. The Labute approximate surface area is 373 Å². The molecule has 0 spiro atoms. The van der Waals surface area contributed by atoms with Gasteiger partial charge in [-0.1, -0.05) is 200 Å². The topological polar surface area (TPSA) is 8.17 Å². The van der Waals surface area contributed by atoms with Gasteiger partial charge in [0, 0.05) is 33.1 Å². The lowest BCUT2D eigenvalue weighted by Gasteiger charge is -2.28. The van der Waals surface area contributed by atoms with Crippen LogP contribution >= 0.6 is 0 Å². The lowest BCUT2D eigenvalue weighted by Crippen LogP contribution is -2.11. The van der Waals surface area contributed by atoms with Gasteiger partial charge in [0.2, 0.25) is 0 Å². The van der Waals surface area contributed by atoms with Crippen molar-refractivity contribution in [2.75, 3.05) is 4.90 Å². The molecule has 11 aromatic carbocycles. The first-order valence-electron chi connectivity index (χ1n) is 22.0. The quantitative estimate of drug-likeness (QED) is 0.148. The molecule has 0 radical (unpaired) electrons. The number of hydrogen-bond donors (Lipinski definition) is 0. The van der Waals surface area contributed by atoms with E-state index in [0.29, 0.717) is 0 Å². The molecule has 0 aliphatic heterocycles. The van der Waals surface area contributed by atoms with Gasteiger partial charge in [-0.2, -0.15) is 0 Å². The average Bonchev–Trinajstić information content (AvgIpc) is 3.71. The summed E-state index contributed by atoms with van der Waals surface area (Å²) in [5.74, 6) is 0. The number of fused-ring (bicyclic) bond motifs is 5. The summed E-state index contributed by atoms with van der Waals surface area (Å²) >= 11 is 0. The summed E-state index contributed by atoms with van der Waals surface area (Å²) in [4.78, 5) is 2.43. The number of nitrogens with zero attached hydrogens (tertiary/aromatic N) is 2. The minimum Gasteiger partial charge on any atom is -0.310 e. The molecule has 0 N–H and O–H groups in total. The van der Waals surface area contributed by atoms with Gasteiger partial charge in [0.05, 0.1) is 22.4 Å². The van der Waals surface area contributed by atoms with E-state index >= 15 is 0 Å². The van der Waals surface area contributed by atoms with Crippen molar-refractivity contribution in [1.82, 2.24) is 4.57 Å². The zero-order valence-corrected chi connectivity index (χ0v) is 35.1. The van der Waals surface area contributed by atoms with Crippen LogP contribution in [0.25, 0.3) is 93.5 Å². The third-order valence-electron chi connectivity index (χ3n) is 12.8. The van der Waals surface area contributed by atoms with Crippen LogP contribution in [-0.2, 0) is 0 Å². The molecule has 0 unspecified atom stereocenters. The molecular weight excluding hydrogens is 773 g/mol. The van der Waals surface area contributed by atoms with Gasteiger partial charge in [0.1, 0.15) is 0 Å². The summed E-state index contributed by atoms with van der Waals surface area (Å²) in [6, 6.07) is 92.8. The number of para-hydroxylation sites is 3. The molecule has 2 heteroatoms. The number of aromatic nitrogens is 1. The van der Waals surface area contributed by atoms with Gasteiger partial charge >= 0.3 is 0 Å². The fourth-order valence-corrected chi connectivity index (χ4v) is 9.72. The number of anilines is 3. The highest BCUT2D eigenvalue weighted by Crippen LogP contribution is 2.45. The van der Waals surface area contributed by atoms with Gasteiger partial charge in [0.25, 0.3) is 0 Å². The summed E-state index contributed by atoms with van der Waals surface area (Å²) in [6.45, 7) is 0. The molecule has 0 aliphatic carbocycles. The molecule has 1 aromatic heterocycles. The van der Waals surface area contributed by atoms with Crippen LogP contribution < -0.4 is 4.90 Å². The summed E-state index contributed by atoms with van der Waals surface area (Å²) in [6.07, 6.45) is 0. The molecule has 1 heterocycles. The van der Waals surface area contributed by atoms with Crippen molar-refractivity contribution in [1.29, 1.82) is 0 Å². The van der Waals surface area contributed by atoms with E-state index in [0.717, 1.165) is 39.4 Å². The van der Waals surface area contributed by atoms with Crippen LogP contribution in [0, 0.1) is 0 Å². The lowest BCUT2D eigenvalue weighted by molar-refractivity contribution is 1.18. The molecule has 0 aliphatic rings. The van der Waals surface area contributed by atoms with Gasteiger partial charge in [-0.05, 0) is 110 Å². The Morgan fingerprint density at radius 2 is 0.812 bits per heavy atom. The minimum atomic E-state index is 1.08. The van der Waals surface area contributed by atoms with Crippen molar-refractivity contribution in [3.8, 4) is 50.2 Å². The van der Waals surface area contributed by atoms with E-state index in [1.807, 2.05) is 0 Å². The van der Waals surface area contributed by atoms with Crippen LogP contribution in [0.3, 0.4) is 0 Å². The van der Waals surface area contributed by atoms with E-state index < -0.39 is 0 Å². The average molecular weight is 815 g/mol. The molecular formula is C62H42N2. The van der Waals surface area contributed by atoms with E-state index in [4.69, 9.17) is 0 Å². The Morgan fingerprint density at radius 3 is 1.58 bits per heavy atom. The lowest BCUT2D eigenvalue weighted by atomic mass is 9.92. The molecule has 0 bridgehead atoms. The third-order valence-corrected chi connectivity index (χ3v) is 12.8.